The largest absolute Gasteiger partial charge is 0.478 e. The maximum absolute atomic E-state index is 11.2. The lowest BCUT2D eigenvalue weighted by molar-refractivity contribution is 0.0692. The van der Waals surface area contributed by atoms with Gasteiger partial charge in [0.1, 0.15) is 11.3 Å². The highest BCUT2D eigenvalue weighted by atomic mass is 16.4. The first-order valence-corrected chi connectivity index (χ1v) is 5.78. The summed E-state index contributed by atoms with van der Waals surface area (Å²) in [4.78, 5) is 11.2. The quantitative estimate of drug-likeness (QED) is 0.804. The fourth-order valence-electron chi connectivity index (χ4n) is 2.04. The van der Waals surface area contributed by atoms with Crippen molar-refractivity contribution in [1.82, 2.24) is 5.32 Å². The topological polar surface area (TPSA) is 62.5 Å². The Labute approximate surface area is 94.6 Å². The van der Waals surface area contributed by atoms with Gasteiger partial charge in [0.15, 0.2) is 0 Å². The second-order valence-corrected chi connectivity index (χ2v) is 4.20. The van der Waals surface area contributed by atoms with Crippen molar-refractivity contribution in [2.45, 2.75) is 38.6 Å². The molecular formula is C12H17NO3. The van der Waals surface area contributed by atoms with Crippen LogP contribution in [0.25, 0.3) is 0 Å². The molecule has 2 rings (SSSR count). The molecule has 1 heterocycles. The standard InChI is InChI=1S/C12H17NO3/c1-2-13-6-10-11(12(14)15)9(7-16-10)8-4-3-5-8/h7-8,13H,2-6H2,1H3,(H,14,15). The van der Waals surface area contributed by atoms with Gasteiger partial charge in [-0.3, -0.25) is 0 Å². The van der Waals surface area contributed by atoms with E-state index >= 15 is 0 Å². The van der Waals surface area contributed by atoms with Gasteiger partial charge >= 0.3 is 5.97 Å². The van der Waals surface area contributed by atoms with Crippen molar-refractivity contribution in [2.75, 3.05) is 6.54 Å². The van der Waals surface area contributed by atoms with E-state index in [4.69, 9.17) is 4.42 Å². The van der Waals surface area contributed by atoms with E-state index in [9.17, 15) is 9.90 Å². The van der Waals surface area contributed by atoms with E-state index in [2.05, 4.69) is 5.32 Å². The van der Waals surface area contributed by atoms with E-state index in [1.165, 1.54) is 6.42 Å². The molecule has 0 radical (unpaired) electrons. The summed E-state index contributed by atoms with van der Waals surface area (Å²) in [6.07, 6.45) is 4.98. The monoisotopic (exact) mass is 223 g/mol. The van der Waals surface area contributed by atoms with Crippen LogP contribution in [0.4, 0.5) is 0 Å². The summed E-state index contributed by atoms with van der Waals surface area (Å²) < 4.78 is 5.37. The zero-order valence-electron chi connectivity index (χ0n) is 9.45. The number of carboxylic acid groups (broad SMARTS) is 1. The van der Waals surface area contributed by atoms with Gasteiger partial charge in [-0.05, 0) is 25.3 Å². The van der Waals surface area contributed by atoms with Crippen LogP contribution in [-0.4, -0.2) is 17.6 Å². The minimum atomic E-state index is -0.872. The van der Waals surface area contributed by atoms with Crippen LogP contribution in [0.15, 0.2) is 10.7 Å². The van der Waals surface area contributed by atoms with Crippen LogP contribution in [-0.2, 0) is 6.54 Å². The predicted octanol–water partition coefficient (Wildman–Crippen LogP) is 2.35. The molecule has 1 aliphatic rings. The summed E-state index contributed by atoms with van der Waals surface area (Å²) in [5, 5.41) is 12.3. The van der Waals surface area contributed by atoms with E-state index in [0.29, 0.717) is 23.8 Å². The van der Waals surface area contributed by atoms with Gasteiger partial charge in [0, 0.05) is 5.56 Å². The molecule has 0 unspecified atom stereocenters. The Bertz CT molecular complexity index is 380. The normalized spacial score (nSPS) is 16.1. The van der Waals surface area contributed by atoms with Crippen molar-refractivity contribution >= 4 is 5.97 Å². The Morgan fingerprint density at radius 1 is 1.62 bits per heavy atom. The van der Waals surface area contributed by atoms with Crippen LogP contribution < -0.4 is 5.32 Å². The third-order valence-electron chi connectivity index (χ3n) is 3.19. The molecule has 0 aliphatic heterocycles. The molecule has 2 N–H and O–H groups in total. The number of nitrogens with one attached hydrogen (secondary N) is 1. The number of aromatic carboxylic acids is 1. The van der Waals surface area contributed by atoms with Crippen molar-refractivity contribution < 1.29 is 14.3 Å². The first kappa shape index (κ1) is 11.2. The maximum Gasteiger partial charge on any atom is 0.339 e. The van der Waals surface area contributed by atoms with Crippen LogP contribution in [0.3, 0.4) is 0 Å². The Morgan fingerprint density at radius 2 is 2.38 bits per heavy atom. The Hall–Kier alpha value is -1.29. The molecule has 0 bridgehead atoms. The van der Waals surface area contributed by atoms with Crippen molar-refractivity contribution in [3.8, 4) is 0 Å². The number of rotatable bonds is 5. The molecule has 0 saturated heterocycles. The zero-order valence-corrected chi connectivity index (χ0v) is 9.45. The van der Waals surface area contributed by atoms with Gasteiger partial charge in [0.05, 0.1) is 12.8 Å². The molecule has 1 fully saturated rings. The van der Waals surface area contributed by atoms with Crippen molar-refractivity contribution in [2.24, 2.45) is 0 Å². The van der Waals surface area contributed by atoms with E-state index < -0.39 is 5.97 Å². The summed E-state index contributed by atoms with van der Waals surface area (Å²) in [5.74, 6) is 0.0741. The van der Waals surface area contributed by atoms with Crippen LogP contribution in [0.1, 0.15) is 53.8 Å². The van der Waals surface area contributed by atoms with Crippen LogP contribution >= 0.6 is 0 Å². The maximum atomic E-state index is 11.2. The third kappa shape index (κ3) is 1.97. The van der Waals surface area contributed by atoms with Crippen LogP contribution in [0.2, 0.25) is 0 Å². The van der Waals surface area contributed by atoms with Gasteiger partial charge in [-0.15, -0.1) is 0 Å². The lowest BCUT2D eigenvalue weighted by Gasteiger charge is -2.24. The number of furan rings is 1. The second-order valence-electron chi connectivity index (χ2n) is 4.20. The van der Waals surface area contributed by atoms with E-state index in [-0.39, 0.29) is 0 Å². The van der Waals surface area contributed by atoms with Gasteiger partial charge in [0.25, 0.3) is 0 Å². The lowest BCUT2D eigenvalue weighted by atomic mass is 9.79. The SMILES string of the molecule is CCNCc1occ(C2CCC2)c1C(=O)O. The van der Waals surface area contributed by atoms with Gasteiger partial charge in [0.2, 0.25) is 0 Å². The summed E-state index contributed by atoms with van der Waals surface area (Å²) >= 11 is 0. The minimum absolute atomic E-state index is 0.380. The molecular weight excluding hydrogens is 206 g/mol. The Balaban J connectivity index is 2.24. The zero-order chi connectivity index (χ0) is 11.5. The third-order valence-corrected chi connectivity index (χ3v) is 3.19. The summed E-state index contributed by atoms with van der Waals surface area (Å²) in [6, 6.07) is 0. The molecule has 0 amide bonds. The highest BCUT2D eigenvalue weighted by Gasteiger charge is 2.29. The molecule has 16 heavy (non-hydrogen) atoms. The van der Waals surface area contributed by atoms with Gasteiger partial charge in [-0.1, -0.05) is 13.3 Å². The molecule has 1 aromatic rings. The number of carboxylic acids is 1. The fourth-order valence-corrected chi connectivity index (χ4v) is 2.04. The molecule has 88 valence electrons. The highest BCUT2D eigenvalue weighted by Crippen LogP contribution is 2.39. The number of hydrogen-bond acceptors (Lipinski definition) is 3. The molecule has 1 aliphatic carbocycles. The van der Waals surface area contributed by atoms with Crippen molar-refractivity contribution in [1.29, 1.82) is 0 Å². The first-order chi connectivity index (χ1) is 7.74. The lowest BCUT2D eigenvalue weighted by Crippen LogP contribution is -2.16. The van der Waals surface area contributed by atoms with Gasteiger partial charge in [-0.25, -0.2) is 4.79 Å². The first-order valence-electron chi connectivity index (χ1n) is 5.78. The summed E-state index contributed by atoms with van der Waals surface area (Å²) in [5.41, 5.74) is 1.26. The Kier molecular flexibility index (Phi) is 3.29. The predicted molar refractivity (Wildman–Crippen MR) is 59.6 cm³/mol. The van der Waals surface area contributed by atoms with Crippen LogP contribution in [0, 0.1) is 0 Å². The molecule has 0 atom stereocenters. The smallest absolute Gasteiger partial charge is 0.339 e. The van der Waals surface area contributed by atoms with Gasteiger partial charge < -0.3 is 14.8 Å². The average Bonchev–Trinajstić information content (AvgIpc) is 2.56. The van der Waals surface area contributed by atoms with Gasteiger partial charge in [-0.2, -0.15) is 0 Å². The summed E-state index contributed by atoms with van der Waals surface area (Å²) in [7, 11) is 0. The molecule has 1 saturated carbocycles. The molecule has 4 nitrogen and oxygen atoms in total. The second kappa shape index (κ2) is 4.70. The van der Waals surface area contributed by atoms with E-state index in [1.807, 2.05) is 6.92 Å². The van der Waals surface area contributed by atoms with E-state index in [0.717, 1.165) is 24.9 Å². The summed E-state index contributed by atoms with van der Waals surface area (Å²) in [6.45, 7) is 3.28. The molecule has 4 heteroatoms. The van der Waals surface area contributed by atoms with Crippen LogP contribution in [0.5, 0.6) is 0 Å². The van der Waals surface area contributed by atoms with Crippen molar-refractivity contribution in [3.05, 3.63) is 23.2 Å². The van der Waals surface area contributed by atoms with Crippen molar-refractivity contribution in [3.63, 3.8) is 0 Å². The molecule has 0 aromatic carbocycles. The number of hydrogen-bond donors (Lipinski definition) is 2. The molecule has 1 aromatic heterocycles. The van der Waals surface area contributed by atoms with E-state index in [1.54, 1.807) is 6.26 Å². The minimum Gasteiger partial charge on any atom is -0.478 e. The fraction of sp³-hybridized carbons (Fsp3) is 0.583. The highest BCUT2D eigenvalue weighted by molar-refractivity contribution is 5.90. The molecule has 0 spiro atoms. The number of carbonyl (C=O) groups is 1. The Morgan fingerprint density at radius 3 is 2.88 bits per heavy atom. The average molecular weight is 223 g/mol.